The summed E-state index contributed by atoms with van der Waals surface area (Å²) in [5.74, 6) is -0.356. The molecule has 1 aromatic rings. The van der Waals surface area contributed by atoms with Crippen molar-refractivity contribution in [1.82, 2.24) is 0 Å². The second-order valence-corrected chi connectivity index (χ2v) is 5.25. The van der Waals surface area contributed by atoms with Gasteiger partial charge in [0.15, 0.2) is 0 Å². The van der Waals surface area contributed by atoms with Gasteiger partial charge in [0.25, 0.3) is 0 Å². The van der Waals surface area contributed by atoms with Crippen LogP contribution in [0, 0.1) is 5.41 Å². The number of carbonyl (C=O) groups is 1. The molecule has 0 saturated heterocycles. The first kappa shape index (κ1) is 13.7. The Morgan fingerprint density at radius 2 is 1.76 bits per heavy atom. The minimum Gasteiger partial charge on any atom is -0.317 e. The minimum atomic E-state index is -0.552. The third-order valence-corrected chi connectivity index (χ3v) is 2.39. The van der Waals surface area contributed by atoms with Gasteiger partial charge in [0, 0.05) is 5.02 Å². The van der Waals surface area contributed by atoms with Gasteiger partial charge in [-0.25, -0.2) is 4.79 Å². The van der Waals surface area contributed by atoms with Crippen LogP contribution in [0.15, 0.2) is 29.4 Å². The Morgan fingerprint density at radius 1 is 1.24 bits per heavy atom. The maximum atomic E-state index is 11.5. The molecule has 1 rings (SSSR count). The Labute approximate surface area is 106 Å². The number of hydrogen-bond acceptors (Lipinski definition) is 3. The largest absolute Gasteiger partial charge is 0.340 e. The summed E-state index contributed by atoms with van der Waals surface area (Å²) < 4.78 is 0. The van der Waals surface area contributed by atoms with Crippen LogP contribution in [0.2, 0.25) is 5.02 Å². The van der Waals surface area contributed by atoms with Gasteiger partial charge in [-0.15, -0.1) is 0 Å². The Morgan fingerprint density at radius 3 is 2.24 bits per heavy atom. The van der Waals surface area contributed by atoms with Crippen molar-refractivity contribution in [2.24, 2.45) is 10.6 Å². The van der Waals surface area contributed by atoms with Crippen LogP contribution in [0.3, 0.4) is 0 Å². The molecule has 0 unspecified atom stereocenters. The van der Waals surface area contributed by atoms with Crippen molar-refractivity contribution in [3.63, 3.8) is 0 Å². The highest BCUT2D eigenvalue weighted by atomic mass is 35.5. The minimum absolute atomic E-state index is 0.356. The van der Waals surface area contributed by atoms with Crippen LogP contribution >= 0.6 is 11.6 Å². The number of rotatable bonds is 2. The summed E-state index contributed by atoms with van der Waals surface area (Å²) in [6, 6.07) is 7.18. The number of carbonyl (C=O) groups excluding carboxylic acids is 1. The molecular formula is C13H16ClNO2. The molecule has 4 heteroatoms. The predicted molar refractivity (Wildman–Crippen MR) is 69.2 cm³/mol. The van der Waals surface area contributed by atoms with E-state index in [1.165, 1.54) is 0 Å². The number of oxime groups is 1. The van der Waals surface area contributed by atoms with E-state index in [4.69, 9.17) is 16.4 Å². The zero-order chi connectivity index (χ0) is 13.1. The van der Waals surface area contributed by atoms with Crippen LogP contribution in [0.1, 0.15) is 33.3 Å². The molecule has 0 aliphatic rings. The van der Waals surface area contributed by atoms with Crippen LogP contribution in [0.25, 0.3) is 0 Å². The SMILES string of the molecule is C/C(=N\OC(=O)C(C)(C)C)c1ccc(Cl)cc1. The molecule has 92 valence electrons. The Bertz CT molecular complexity index is 430. The van der Waals surface area contributed by atoms with Gasteiger partial charge in [0.2, 0.25) is 0 Å². The van der Waals surface area contributed by atoms with Gasteiger partial charge >= 0.3 is 5.97 Å². The van der Waals surface area contributed by atoms with E-state index >= 15 is 0 Å². The molecule has 0 N–H and O–H groups in total. The van der Waals surface area contributed by atoms with Crippen molar-refractivity contribution < 1.29 is 9.63 Å². The van der Waals surface area contributed by atoms with Gasteiger partial charge in [-0.2, -0.15) is 0 Å². The molecule has 0 aliphatic heterocycles. The molecule has 0 aromatic heterocycles. The summed E-state index contributed by atoms with van der Waals surface area (Å²) in [7, 11) is 0. The maximum Gasteiger partial charge on any atom is 0.340 e. The number of hydrogen-bond donors (Lipinski definition) is 0. The summed E-state index contributed by atoms with van der Waals surface area (Å²) in [5, 5.41) is 4.47. The average molecular weight is 254 g/mol. The molecule has 17 heavy (non-hydrogen) atoms. The maximum absolute atomic E-state index is 11.5. The van der Waals surface area contributed by atoms with Crippen LogP contribution < -0.4 is 0 Å². The molecule has 0 amide bonds. The molecule has 0 spiro atoms. The second-order valence-electron chi connectivity index (χ2n) is 4.81. The standard InChI is InChI=1S/C13H16ClNO2/c1-9(10-5-7-11(14)8-6-10)15-17-12(16)13(2,3)4/h5-8H,1-4H3/b15-9+. The van der Waals surface area contributed by atoms with Crippen LogP contribution in [0.5, 0.6) is 0 Å². The van der Waals surface area contributed by atoms with Crippen molar-refractivity contribution in [2.75, 3.05) is 0 Å². The monoisotopic (exact) mass is 253 g/mol. The average Bonchev–Trinajstić information content (AvgIpc) is 2.25. The lowest BCUT2D eigenvalue weighted by Gasteiger charge is -2.13. The number of halogens is 1. The van der Waals surface area contributed by atoms with Gasteiger partial charge < -0.3 is 4.84 Å². The third kappa shape index (κ3) is 4.19. The van der Waals surface area contributed by atoms with E-state index in [-0.39, 0.29) is 5.97 Å². The normalized spacial score (nSPS) is 12.4. The van der Waals surface area contributed by atoms with Crippen molar-refractivity contribution in [2.45, 2.75) is 27.7 Å². The first-order valence-electron chi connectivity index (χ1n) is 5.32. The molecule has 3 nitrogen and oxygen atoms in total. The Balaban J connectivity index is 2.74. The van der Waals surface area contributed by atoms with Gasteiger partial charge in [-0.1, -0.05) is 28.9 Å². The van der Waals surface area contributed by atoms with Crippen molar-refractivity contribution in [3.8, 4) is 0 Å². The van der Waals surface area contributed by atoms with Crippen LogP contribution in [-0.4, -0.2) is 11.7 Å². The number of benzene rings is 1. The zero-order valence-electron chi connectivity index (χ0n) is 10.5. The summed E-state index contributed by atoms with van der Waals surface area (Å²) in [6.45, 7) is 7.12. The van der Waals surface area contributed by atoms with E-state index < -0.39 is 5.41 Å². The molecule has 0 saturated carbocycles. The molecule has 0 aliphatic carbocycles. The molecule has 1 aromatic carbocycles. The van der Waals surface area contributed by atoms with Crippen molar-refractivity contribution in [1.29, 1.82) is 0 Å². The highest BCUT2D eigenvalue weighted by Crippen LogP contribution is 2.16. The van der Waals surface area contributed by atoms with Crippen molar-refractivity contribution >= 4 is 23.3 Å². The molecule has 0 fully saturated rings. The second kappa shape index (κ2) is 5.32. The van der Waals surface area contributed by atoms with Crippen LogP contribution in [0.4, 0.5) is 0 Å². The summed E-state index contributed by atoms with van der Waals surface area (Å²) in [4.78, 5) is 16.4. The van der Waals surface area contributed by atoms with E-state index in [1.807, 2.05) is 12.1 Å². The van der Waals surface area contributed by atoms with Crippen molar-refractivity contribution in [3.05, 3.63) is 34.9 Å². The third-order valence-electron chi connectivity index (χ3n) is 2.14. The zero-order valence-corrected chi connectivity index (χ0v) is 11.2. The molecule has 0 atom stereocenters. The fourth-order valence-electron chi connectivity index (χ4n) is 0.991. The Kier molecular flexibility index (Phi) is 4.29. The topological polar surface area (TPSA) is 38.7 Å². The predicted octanol–water partition coefficient (Wildman–Crippen LogP) is 3.65. The number of nitrogens with zero attached hydrogens (tertiary/aromatic N) is 1. The smallest absolute Gasteiger partial charge is 0.317 e. The highest BCUT2D eigenvalue weighted by Gasteiger charge is 2.23. The summed E-state index contributed by atoms with van der Waals surface area (Å²) in [5.41, 5.74) is 0.958. The first-order chi connectivity index (χ1) is 7.80. The van der Waals surface area contributed by atoms with E-state index in [0.717, 1.165) is 5.56 Å². The van der Waals surface area contributed by atoms with Gasteiger partial charge in [-0.05, 0) is 45.4 Å². The van der Waals surface area contributed by atoms with E-state index in [9.17, 15) is 4.79 Å². The lowest BCUT2D eigenvalue weighted by molar-refractivity contribution is -0.152. The Hall–Kier alpha value is -1.35. The molecule has 0 heterocycles. The van der Waals surface area contributed by atoms with Crippen LogP contribution in [-0.2, 0) is 9.63 Å². The lowest BCUT2D eigenvalue weighted by Crippen LogP contribution is -2.21. The quantitative estimate of drug-likeness (QED) is 0.458. The lowest BCUT2D eigenvalue weighted by atomic mass is 9.98. The van der Waals surface area contributed by atoms with E-state index in [1.54, 1.807) is 39.8 Å². The fraction of sp³-hybridized carbons (Fsp3) is 0.385. The van der Waals surface area contributed by atoms with Gasteiger partial charge in [-0.3, -0.25) is 0 Å². The van der Waals surface area contributed by atoms with Gasteiger partial charge in [0.05, 0.1) is 11.1 Å². The highest BCUT2D eigenvalue weighted by molar-refractivity contribution is 6.30. The van der Waals surface area contributed by atoms with E-state index in [0.29, 0.717) is 10.7 Å². The van der Waals surface area contributed by atoms with E-state index in [2.05, 4.69) is 5.16 Å². The molecular weight excluding hydrogens is 238 g/mol. The van der Waals surface area contributed by atoms with Gasteiger partial charge in [0.1, 0.15) is 0 Å². The summed E-state index contributed by atoms with van der Waals surface area (Å²) >= 11 is 5.78. The first-order valence-corrected chi connectivity index (χ1v) is 5.70. The summed E-state index contributed by atoms with van der Waals surface area (Å²) in [6.07, 6.45) is 0. The molecule has 0 radical (unpaired) electrons. The molecule has 0 bridgehead atoms. The fourth-order valence-corrected chi connectivity index (χ4v) is 1.12.